The van der Waals surface area contributed by atoms with Crippen LogP contribution in [0, 0.1) is 0 Å². The van der Waals surface area contributed by atoms with Crippen molar-refractivity contribution in [2.75, 3.05) is 31.5 Å². The Morgan fingerprint density at radius 3 is 2.34 bits per heavy atom. The second-order valence-corrected chi connectivity index (χ2v) is 11.1. The molecule has 1 fully saturated rings. The lowest BCUT2D eigenvalue weighted by Gasteiger charge is -2.36. The van der Waals surface area contributed by atoms with Gasteiger partial charge in [-0.25, -0.2) is 8.42 Å². The molecule has 0 bridgehead atoms. The third-order valence-corrected chi connectivity index (χ3v) is 8.64. The third-order valence-electron chi connectivity index (χ3n) is 6.75. The zero-order valence-corrected chi connectivity index (χ0v) is 20.0. The van der Waals surface area contributed by atoms with Gasteiger partial charge in [0.25, 0.3) is 0 Å². The summed E-state index contributed by atoms with van der Waals surface area (Å²) in [5, 5.41) is 3.07. The predicted molar refractivity (Wildman–Crippen MR) is 127 cm³/mol. The van der Waals surface area contributed by atoms with Gasteiger partial charge in [-0.3, -0.25) is 9.69 Å². The van der Waals surface area contributed by atoms with Crippen LogP contribution >= 0.6 is 0 Å². The molecule has 0 spiro atoms. The highest BCUT2D eigenvalue weighted by molar-refractivity contribution is 7.89. The Labute approximate surface area is 191 Å². The maximum atomic E-state index is 13.2. The lowest BCUT2D eigenvalue weighted by molar-refractivity contribution is -0.121. The van der Waals surface area contributed by atoms with Gasteiger partial charge in [0.2, 0.25) is 15.9 Å². The number of nitrogens with zero attached hydrogens (tertiary/aromatic N) is 2. The Morgan fingerprint density at radius 2 is 1.62 bits per heavy atom. The second kappa shape index (κ2) is 9.33. The van der Waals surface area contributed by atoms with E-state index in [1.54, 1.807) is 10.4 Å². The molecule has 1 saturated heterocycles. The lowest BCUT2D eigenvalue weighted by atomic mass is 10.0. The summed E-state index contributed by atoms with van der Waals surface area (Å²) in [7, 11) is -3.51. The first-order valence-electron chi connectivity index (χ1n) is 11.5. The van der Waals surface area contributed by atoms with Crippen LogP contribution in [0.4, 0.5) is 5.69 Å². The molecule has 2 aliphatic rings. The predicted octanol–water partition coefficient (Wildman–Crippen LogP) is 3.63. The molecule has 1 N–H and O–H groups in total. The van der Waals surface area contributed by atoms with E-state index in [4.69, 9.17) is 0 Å². The number of aryl methyl sites for hydroxylation is 2. The van der Waals surface area contributed by atoms with Crippen LogP contribution in [0.3, 0.4) is 0 Å². The first-order chi connectivity index (χ1) is 15.3. The summed E-state index contributed by atoms with van der Waals surface area (Å²) in [5.41, 5.74) is 4.39. The van der Waals surface area contributed by atoms with Gasteiger partial charge in [0.15, 0.2) is 0 Å². The van der Waals surface area contributed by atoms with E-state index < -0.39 is 10.0 Å². The SMILES string of the molecule is CC(C)c1ccccc1NC(=O)C(C)N1CCN(S(=O)(=O)c2ccc3c(c2)CCC3)CC1. The summed E-state index contributed by atoms with van der Waals surface area (Å²) in [6.07, 6.45) is 3.09. The van der Waals surface area contributed by atoms with E-state index in [2.05, 4.69) is 24.1 Å². The molecule has 1 aliphatic carbocycles. The van der Waals surface area contributed by atoms with E-state index in [-0.39, 0.29) is 11.9 Å². The van der Waals surface area contributed by atoms with Crippen molar-refractivity contribution in [3.8, 4) is 0 Å². The first kappa shape index (κ1) is 23.0. The van der Waals surface area contributed by atoms with Crippen molar-refractivity contribution >= 4 is 21.6 Å². The number of rotatable bonds is 6. The molecule has 6 nitrogen and oxygen atoms in total. The summed E-state index contributed by atoms with van der Waals surface area (Å²) in [6.45, 7) is 7.94. The number of carbonyl (C=O) groups excluding carboxylic acids is 1. The molecule has 0 saturated carbocycles. The van der Waals surface area contributed by atoms with Crippen LogP contribution in [0.25, 0.3) is 0 Å². The molecular formula is C25H33N3O3S. The minimum atomic E-state index is -3.51. The number of para-hydroxylation sites is 1. The molecule has 0 aromatic heterocycles. The first-order valence-corrected chi connectivity index (χ1v) is 13.0. The van der Waals surface area contributed by atoms with E-state index in [9.17, 15) is 13.2 Å². The molecule has 2 aromatic carbocycles. The van der Waals surface area contributed by atoms with Crippen molar-refractivity contribution in [1.29, 1.82) is 0 Å². The molecule has 1 amide bonds. The number of anilines is 1. The summed E-state index contributed by atoms with van der Waals surface area (Å²) in [6, 6.07) is 13.1. The van der Waals surface area contributed by atoms with E-state index in [0.717, 1.165) is 36.1 Å². The number of sulfonamides is 1. The van der Waals surface area contributed by atoms with Crippen molar-refractivity contribution in [3.05, 3.63) is 59.2 Å². The standard InChI is InChI=1S/C25H33N3O3S/c1-18(2)23-9-4-5-10-24(23)26-25(29)19(3)27-13-15-28(16-14-27)32(30,31)22-12-11-20-7-6-8-21(20)17-22/h4-5,9-12,17-19H,6-8,13-16H2,1-3H3,(H,26,29). The number of hydrogen-bond donors (Lipinski definition) is 1. The normalized spacial score (nSPS) is 18.5. The summed E-state index contributed by atoms with van der Waals surface area (Å²) >= 11 is 0. The highest BCUT2D eigenvalue weighted by Crippen LogP contribution is 2.27. The van der Waals surface area contributed by atoms with Gasteiger partial charge in [0.05, 0.1) is 10.9 Å². The van der Waals surface area contributed by atoms with Gasteiger partial charge in [0.1, 0.15) is 0 Å². The van der Waals surface area contributed by atoms with Crippen LogP contribution in [0.2, 0.25) is 0 Å². The molecule has 172 valence electrons. The zero-order valence-electron chi connectivity index (χ0n) is 19.2. The molecule has 2 aromatic rings. The highest BCUT2D eigenvalue weighted by Gasteiger charge is 2.32. The van der Waals surface area contributed by atoms with Crippen molar-refractivity contribution in [2.24, 2.45) is 0 Å². The zero-order chi connectivity index (χ0) is 22.9. The molecule has 1 atom stereocenters. The highest BCUT2D eigenvalue weighted by atomic mass is 32.2. The topological polar surface area (TPSA) is 69.7 Å². The molecular weight excluding hydrogens is 422 g/mol. The summed E-state index contributed by atoms with van der Waals surface area (Å²) in [4.78, 5) is 15.4. The van der Waals surface area contributed by atoms with Gasteiger partial charge in [-0.2, -0.15) is 4.31 Å². The number of hydrogen-bond acceptors (Lipinski definition) is 4. The maximum Gasteiger partial charge on any atom is 0.243 e. The van der Waals surface area contributed by atoms with Crippen molar-refractivity contribution in [1.82, 2.24) is 9.21 Å². The van der Waals surface area contributed by atoms with Gasteiger partial charge >= 0.3 is 0 Å². The van der Waals surface area contributed by atoms with E-state index in [1.807, 2.05) is 43.3 Å². The van der Waals surface area contributed by atoms with Gasteiger partial charge in [0, 0.05) is 31.9 Å². The van der Waals surface area contributed by atoms with Crippen LogP contribution in [0.15, 0.2) is 47.4 Å². The molecule has 32 heavy (non-hydrogen) atoms. The van der Waals surface area contributed by atoms with Crippen molar-refractivity contribution < 1.29 is 13.2 Å². The van der Waals surface area contributed by atoms with Crippen LogP contribution < -0.4 is 5.32 Å². The quantitative estimate of drug-likeness (QED) is 0.722. The molecule has 7 heteroatoms. The van der Waals surface area contributed by atoms with Gasteiger partial charge < -0.3 is 5.32 Å². The second-order valence-electron chi connectivity index (χ2n) is 9.13. The third kappa shape index (κ3) is 4.60. The Morgan fingerprint density at radius 1 is 0.938 bits per heavy atom. The Bertz CT molecular complexity index is 1090. The van der Waals surface area contributed by atoms with Crippen LogP contribution in [0.1, 0.15) is 49.8 Å². The van der Waals surface area contributed by atoms with E-state index in [1.165, 1.54) is 5.56 Å². The van der Waals surface area contributed by atoms with Gasteiger partial charge in [-0.15, -0.1) is 0 Å². The van der Waals surface area contributed by atoms with Gasteiger partial charge in [-0.05, 0) is 67.0 Å². The fraction of sp³-hybridized carbons (Fsp3) is 0.480. The van der Waals surface area contributed by atoms with E-state index >= 15 is 0 Å². The number of amides is 1. The Kier molecular flexibility index (Phi) is 6.70. The molecule has 1 heterocycles. The van der Waals surface area contributed by atoms with Crippen LogP contribution in [0.5, 0.6) is 0 Å². The van der Waals surface area contributed by atoms with Crippen LogP contribution in [-0.4, -0.2) is 55.8 Å². The number of nitrogens with one attached hydrogen (secondary N) is 1. The Hall–Kier alpha value is -2.22. The fourth-order valence-corrected chi connectivity index (χ4v) is 6.18. The average Bonchev–Trinajstić information content (AvgIpc) is 3.27. The molecule has 1 unspecified atom stereocenters. The molecule has 0 radical (unpaired) electrons. The van der Waals surface area contributed by atoms with Crippen molar-refractivity contribution in [2.45, 2.75) is 56.9 Å². The largest absolute Gasteiger partial charge is 0.324 e. The summed E-state index contributed by atoms with van der Waals surface area (Å²) in [5.74, 6) is 0.253. The van der Waals surface area contributed by atoms with E-state index in [0.29, 0.717) is 37.0 Å². The molecule has 4 rings (SSSR count). The average molecular weight is 456 g/mol. The summed E-state index contributed by atoms with van der Waals surface area (Å²) < 4.78 is 27.9. The monoisotopic (exact) mass is 455 g/mol. The van der Waals surface area contributed by atoms with Crippen molar-refractivity contribution in [3.63, 3.8) is 0 Å². The maximum absolute atomic E-state index is 13.2. The number of fused-ring (bicyclic) bond motifs is 1. The molecule has 1 aliphatic heterocycles. The smallest absolute Gasteiger partial charge is 0.243 e. The number of piperazine rings is 1. The Balaban J connectivity index is 1.38. The minimum Gasteiger partial charge on any atom is -0.324 e. The fourth-order valence-electron chi connectivity index (χ4n) is 4.71. The van der Waals surface area contributed by atoms with Gasteiger partial charge in [-0.1, -0.05) is 38.1 Å². The van der Waals surface area contributed by atoms with Crippen LogP contribution in [-0.2, 0) is 27.7 Å². The lowest BCUT2D eigenvalue weighted by Crippen LogP contribution is -2.53. The number of benzene rings is 2. The number of carbonyl (C=O) groups is 1. The minimum absolute atomic E-state index is 0.0620.